The molecule has 25 heavy (non-hydrogen) atoms. The molecule has 0 saturated heterocycles. The largest absolute Gasteiger partial charge is 0.454 e. The molecule has 4 rings (SSSR count). The van der Waals surface area contributed by atoms with Gasteiger partial charge in [-0.05, 0) is 31.9 Å². The maximum Gasteiger partial charge on any atom is 0.231 e. The summed E-state index contributed by atoms with van der Waals surface area (Å²) in [7, 11) is 0. The number of hydrogen-bond donors (Lipinski definition) is 0. The monoisotopic (exact) mass is 342 g/mol. The number of fused-ring (bicyclic) bond motifs is 1. The summed E-state index contributed by atoms with van der Waals surface area (Å²) in [5, 5.41) is 8.86. The molecule has 0 N–H and O–H groups in total. The van der Waals surface area contributed by atoms with Crippen LogP contribution in [0, 0.1) is 5.92 Å². The summed E-state index contributed by atoms with van der Waals surface area (Å²) in [6.45, 7) is 8.51. The van der Waals surface area contributed by atoms with Crippen LogP contribution in [0.3, 0.4) is 0 Å². The molecule has 1 atom stereocenters. The third-order valence-corrected chi connectivity index (χ3v) is 4.31. The molecule has 2 aliphatic rings. The van der Waals surface area contributed by atoms with Crippen LogP contribution in [0.1, 0.15) is 45.8 Å². The Kier molecular flexibility index (Phi) is 3.67. The minimum absolute atomic E-state index is 0.245. The Labute approximate surface area is 146 Å². The Morgan fingerprint density at radius 3 is 2.76 bits per heavy atom. The van der Waals surface area contributed by atoms with Gasteiger partial charge in [0.2, 0.25) is 6.79 Å². The lowest BCUT2D eigenvalue weighted by atomic mass is 9.99. The van der Waals surface area contributed by atoms with Gasteiger partial charge in [-0.15, -0.1) is 0 Å². The quantitative estimate of drug-likeness (QED) is 0.853. The van der Waals surface area contributed by atoms with E-state index in [0.717, 1.165) is 35.2 Å². The molecule has 2 aliphatic heterocycles. The van der Waals surface area contributed by atoms with Gasteiger partial charge >= 0.3 is 0 Å². The molecule has 7 nitrogen and oxygen atoms in total. The summed E-state index contributed by atoms with van der Waals surface area (Å²) in [6.07, 6.45) is 1.50. The van der Waals surface area contributed by atoms with Gasteiger partial charge in [-0.2, -0.15) is 5.10 Å². The molecule has 0 spiro atoms. The average Bonchev–Trinajstić information content (AvgIpc) is 3.25. The van der Waals surface area contributed by atoms with E-state index >= 15 is 0 Å². The van der Waals surface area contributed by atoms with Crippen LogP contribution in [0.25, 0.3) is 5.69 Å². The van der Waals surface area contributed by atoms with Crippen LogP contribution in [0.2, 0.25) is 0 Å². The predicted molar refractivity (Wildman–Crippen MR) is 92.2 cm³/mol. The number of aromatic nitrogens is 3. The molecule has 0 aliphatic carbocycles. The first kappa shape index (κ1) is 15.9. The molecule has 0 amide bonds. The number of oxime groups is 1. The lowest BCUT2D eigenvalue weighted by Crippen LogP contribution is -2.26. The molecule has 2 aromatic rings. The van der Waals surface area contributed by atoms with Crippen molar-refractivity contribution in [3.63, 3.8) is 0 Å². The van der Waals surface area contributed by atoms with E-state index in [1.54, 1.807) is 0 Å². The number of hydrogen-bond acceptors (Lipinski definition) is 6. The molecule has 3 heterocycles. The molecule has 7 heteroatoms. The standard InChI is InChI=1S/C18H22N4O3/c1-11(2)7-16-19-17(18(4)9-12(3)21-25-18)22(20-16)13-5-6-14-15(8-13)24-10-23-14/h5-6,8,11H,7,9-10H2,1-4H3. The maximum atomic E-state index is 5.72. The summed E-state index contributed by atoms with van der Waals surface area (Å²) in [5.41, 5.74) is 1.20. The highest BCUT2D eigenvalue weighted by Gasteiger charge is 2.40. The van der Waals surface area contributed by atoms with Gasteiger partial charge in [-0.25, -0.2) is 9.67 Å². The van der Waals surface area contributed by atoms with Gasteiger partial charge in [0, 0.05) is 18.9 Å². The minimum Gasteiger partial charge on any atom is -0.454 e. The third-order valence-electron chi connectivity index (χ3n) is 4.31. The summed E-state index contributed by atoms with van der Waals surface area (Å²) in [5.74, 6) is 3.49. The van der Waals surface area contributed by atoms with Crippen LogP contribution >= 0.6 is 0 Å². The van der Waals surface area contributed by atoms with Crippen LogP contribution < -0.4 is 9.47 Å². The van der Waals surface area contributed by atoms with E-state index < -0.39 is 5.60 Å². The van der Waals surface area contributed by atoms with Crippen LogP contribution in [0.15, 0.2) is 23.4 Å². The number of ether oxygens (including phenoxy) is 2. The zero-order valence-electron chi connectivity index (χ0n) is 14.9. The highest BCUT2D eigenvalue weighted by atomic mass is 16.7. The van der Waals surface area contributed by atoms with Gasteiger partial charge in [0.25, 0.3) is 0 Å². The molecule has 0 bridgehead atoms. The van der Waals surface area contributed by atoms with E-state index in [2.05, 4.69) is 19.0 Å². The van der Waals surface area contributed by atoms with Crippen molar-refractivity contribution in [2.75, 3.05) is 6.79 Å². The zero-order valence-corrected chi connectivity index (χ0v) is 14.9. The molecular formula is C18H22N4O3. The smallest absolute Gasteiger partial charge is 0.231 e. The van der Waals surface area contributed by atoms with Crippen molar-refractivity contribution < 1.29 is 14.3 Å². The zero-order chi connectivity index (χ0) is 17.6. The van der Waals surface area contributed by atoms with Gasteiger partial charge in [0.05, 0.1) is 11.4 Å². The van der Waals surface area contributed by atoms with E-state index in [4.69, 9.17) is 24.4 Å². The fourth-order valence-corrected chi connectivity index (χ4v) is 3.20. The molecule has 1 aromatic carbocycles. The first-order valence-electron chi connectivity index (χ1n) is 8.53. The highest BCUT2D eigenvalue weighted by molar-refractivity contribution is 5.83. The van der Waals surface area contributed by atoms with E-state index in [9.17, 15) is 0 Å². The number of benzene rings is 1. The first-order chi connectivity index (χ1) is 11.9. The Balaban J connectivity index is 1.79. The summed E-state index contributed by atoms with van der Waals surface area (Å²) >= 11 is 0. The predicted octanol–water partition coefficient (Wildman–Crippen LogP) is 3.21. The fraction of sp³-hybridized carbons (Fsp3) is 0.500. The van der Waals surface area contributed by atoms with E-state index in [0.29, 0.717) is 18.1 Å². The Hall–Kier alpha value is -2.57. The van der Waals surface area contributed by atoms with Gasteiger partial charge in [-0.1, -0.05) is 19.0 Å². The summed E-state index contributed by atoms with van der Waals surface area (Å²) in [4.78, 5) is 10.5. The lowest BCUT2D eigenvalue weighted by molar-refractivity contribution is -0.0160. The van der Waals surface area contributed by atoms with Crippen molar-refractivity contribution in [2.24, 2.45) is 11.1 Å². The average molecular weight is 342 g/mol. The van der Waals surface area contributed by atoms with E-state index in [-0.39, 0.29) is 6.79 Å². The fourth-order valence-electron chi connectivity index (χ4n) is 3.20. The van der Waals surface area contributed by atoms with E-state index in [1.165, 1.54) is 0 Å². The van der Waals surface area contributed by atoms with Crippen molar-refractivity contribution in [3.05, 3.63) is 29.8 Å². The molecule has 1 aromatic heterocycles. The van der Waals surface area contributed by atoms with E-state index in [1.807, 2.05) is 36.7 Å². The van der Waals surface area contributed by atoms with Crippen LogP contribution in [0.5, 0.6) is 11.5 Å². The van der Waals surface area contributed by atoms with Crippen molar-refractivity contribution in [1.29, 1.82) is 0 Å². The van der Waals surface area contributed by atoms with Gasteiger partial charge in [-0.3, -0.25) is 0 Å². The maximum absolute atomic E-state index is 5.72. The third kappa shape index (κ3) is 2.83. The molecule has 0 saturated carbocycles. The first-order valence-corrected chi connectivity index (χ1v) is 8.53. The number of rotatable bonds is 4. The van der Waals surface area contributed by atoms with Crippen LogP contribution in [-0.2, 0) is 16.9 Å². The summed E-state index contributed by atoms with van der Waals surface area (Å²) in [6, 6.07) is 5.77. The second-order valence-electron chi connectivity index (χ2n) is 7.22. The van der Waals surface area contributed by atoms with Crippen molar-refractivity contribution in [3.8, 4) is 17.2 Å². The highest BCUT2D eigenvalue weighted by Crippen LogP contribution is 2.37. The topological polar surface area (TPSA) is 70.8 Å². The molecular weight excluding hydrogens is 320 g/mol. The number of nitrogens with zero attached hydrogens (tertiary/aromatic N) is 4. The molecule has 0 radical (unpaired) electrons. The van der Waals surface area contributed by atoms with Crippen molar-refractivity contribution >= 4 is 5.71 Å². The van der Waals surface area contributed by atoms with Crippen LogP contribution in [0.4, 0.5) is 0 Å². The molecule has 1 unspecified atom stereocenters. The van der Waals surface area contributed by atoms with Crippen molar-refractivity contribution in [2.45, 2.75) is 46.1 Å². The Morgan fingerprint density at radius 1 is 1.24 bits per heavy atom. The summed E-state index contributed by atoms with van der Waals surface area (Å²) < 4.78 is 12.7. The second-order valence-corrected chi connectivity index (χ2v) is 7.22. The van der Waals surface area contributed by atoms with Gasteiger partial charge in [0.15, 0.2) is 28.7 Å². The van der Waals surface area contributed by atoms with Crippen molar-refractivity contribution in [1.82, 2.24) is 14.8 Å². The Bertz CT molecular complexity index is 843. The van der Waals surface area contributed by atoms with Gasteiger partial charge in [0.1, 0.15) is 0 Å². The Morgan fingerprint density at radius 2 is 2.04 bits per heavy atom. The SMILES string of the molecule is CC1=NOC(C)(c2nc(CC(C)C)nn2-c2ccc3c(c2)OCO3)C1. The molecule has 132 valence electrons. The minimum atomic E-state index is -0.622. The lowest BCUT2D eigenvalue weighted by Gasteiger charge is -2.21. The second kappa shape index (κ2) is 5.75. The normalized spacial score (nSPS) is 21.6. The van der Waals surface area contributed by atoms with Gasteiger partial charge < -0.3 is 14.3 Å². The van der Waals surface area contributed by atoms with Crippen LogP contribution in [-0.4, -0.2) is 27.3 Å². The molecule has 0 fully saturated rings.